The lowest BCUT2D eigenvalue weighted by atomic mass is 10.1. The Morgan fingerprint density at radius 1 is 0.931 bits per heavy atom. The summed E-state index contributed by atoms with van der Waals surface area (Å²) in [6, 6.07) is 21.2. The van der Waals surface area contributed by atoms with Crippen molar-refractivity contribution in [2.24, 2.45) is 0 Å². The number of nitrogens with one attached hydrogen (secondary N) is 1. The molecule has 0 fully saturated rings. The fraction of sp³-hybridized carbons (Fsp3) is 0.125. The zero-order valence-electron chi connectivity index (χ0n) is 16.3. The fourth-order valence-corrected chi connectivity index (χ4v) is 3.21. The number of carbonyl (C=O) groups excluding carboxylic acids is 1. The predicted octanol–water partition coefficient (Wildman–Crippen LogP) is 4.93. The summed E-state index contributed by atoms with van der Waals surface area (Å²) in [6.07, 6.45) is 1.76. The Labute approximate surface area is 169 Å². The summed E-state index contributed by atoms with van der Waals surface area (Å²) in [5.41, 5.74) is 6.45. The lowest BCUT2D eigenvalue weighted by Gasteiger charge is -2.09. The van der Waals surface area contributed by atoms with Crippen LogP contribution in [0.3, 0.4) is 0 Å². The van der Waals surface area contributed by atoms with Crippen molar-refractivity contribution in [3.05, 3.63) is 84.1 Å². The van der Waals surface area contributed by atoms with Gasteiger partial charge in [-0.3, -0.25) is 9.78 Å². The summed E-state index contributed by atoms with van der Waals surface area (Å²) in [7, 11) is 0. The summed E-state index contributed by atoms with van der Waals surface area (Å²) < 4.78 is 5.61. The van der Waals surface area contributed by atoms with Crippen LogP contribution in [0.15, 0.2) is 72.9 Å². The van der Waals surface area contributed by atoms with Crippen molar-refractivity contribution in [1.29, 1.82) is 0 Å². The normalized spacial score (nSPS) is 10.7. The smallest absolute Gasteiger partial charge is 0.262 e. The molecule has 0 unspecified atom stereocenters. The van der Waals surface area contributed by atoms with Crippen LogP contribution in [0, 0.1) is 13.8 Å². The molecule has 0 radical (unpaired) electrons. The highest BCUT2D eigenvalue weighted by Gasteiger charge is 2.06. The molecular weight excluding hydrogens is 362 g/mol. The number of fused-ring (bicyclic) bond motifs is 1. The van der Waals surface area contributed by atoms with Gasteiger partial charge in [0, 0.05) is 11.3 Å². The molecule has 0 atom stereocenters. The number of ether oxygens (including phenoxy) is 1. The maximum atomic E-state index is 12.2. The summed E-state index contributed by atoms with van der Waals surface area (Å²) in [5, 5.41) is 2.87. The summed E-state index contributed by atoms with van der Waals surface area (Å²) >= 11 is 0. The van der Waals surface area contributed by atoms with E-state index in [1.807, 2.05) is 74.5 Å². The minimum absolute atomic E-state index is 0.0535. The van der Waals surface area contributed by atoms with Gasteiger partial charge in [0.25, 0.3) is 5.91 Å². The molecule has 1 aromatic heterocycles. The van der Waals surface area contributed by atoms with Gasteiger partial charge in [0.2, 0.25) is 0 Å². The molecule has 0 saturated carbocycles. The van der Waals surface area contributed by atoms with E-state index < -0.39 is 0 Å². The van der Waals surface area contributed by atoms with Gasteiger partial charge in [-0.05, 0) is 73.5 Å². The highest BCUT2D eigenvalue weighted by atomic mass is 16.5. The minimum Gasteiger partial charge on any atom is -0.484 e. The molecular formula is C24H21N3O2. The van der Waals surface area contributed by atoms with Crippen molar-refractivity contribution >= 4 is 22.6 Å². The molecule has 1 heterocycles. The van der Waals surface area contributed by atoms with Gasteiger partial charge in [-0.1, -0.05) is 18.2 Å². The van der Waals surface area contributed by atoms with Gasteiger partial charge >= 0.3 is 0 Å². The molecule has 4 aromatic rings. The second kappa shape index (κ2) is 8.10. The van der Waals surface area contributed by atoms with E-state index in [9.17, 15) is 4.79 Å². The van der Waals surface area contributed by atoms with Gasteiger partial charge in [0.15, 0.2) is 6.61 Å². The van der Waals surface area contributed by atoms with Crippen LogP contribution in [-0.4, -0.2) is 22.5 Å². The third-order valence-electron chi connectivity index (χ3n) is 4.47. The van der Waals surface area contributed by atoms with Crippen LogP contribution in [0.25, 0.3) is 22.3 Å². The summed E-state index contributed by atoms with van der Waals surface area (Å²) in [4.78, 5) is 21.3. The van der Waals surface area contributed by atoms with Gasteiger partial charge in [0.1, 0.15) is 5.75 Å². The van der Waals surface area contributed by atoms with Gasteiger partial charge in [-0.15, -0.1) is 0 Å². The number of nitrogens with zero attached hydrogens (tertiary/aromatic N) is 2. The second-order valence-corrected chi connectivity index (χ2v) is 6.98. The van der Waals surface area contributed by atoms with Crippen LogP contribution in [0.1, 0.15) is 11.1 Å². The van der Waals surface area contributed by atoms with Crippen LogP contribution in [0.2, 0.25) is 0 Å². The van der Waals surface area contributed by atoms with Crippen molar-refractivity contribution in [2.45, 2.75) is 13.8 Å². The lowest BCUT2D eigenvalue weighted by molar-refractivity contribution is -0.118. The predicted molar refractivity (Wildman–Crippen MR) is 115 cm³/mol. The standard InChI is InChI=1S/C24H21N3O2/c1-16-11-17(2)13-19(12-16)26-24(28)15-29-20-9-7-18(8-10-20)23-14-25-21-5-3-4-6-22(21)27-23/h3-14H,15H2,1-2H3,(H,26,28). The molecule has 1 amide bonds. The lowest BCUT2D eigenvalue weighted by Crippen LogP contribution is -2.20. The molecule has 0 aliphatic carbocycles. The second-order valence-electron chi connectivity index (χ2n) is 6.98. The number of carbonyl (C=O) groups is 1. The average Bonchev–Trinajstić information content (AvgIpc) is 2.71. The number of rotatable bonds is 5. The maximum Gasteiger partial charge on any atom is 0.262 e. The van der Waals surface area contributed by atoms with E-state index in [4.69, 9.17) is 4.74 Å². The molecule has 3 aromatic carbocycles. The number of hydrogen-bond acceptors (Lipinski definition) is 4. The highest BCUT2D eigenvalue weighted by molar-refractivity contribution is 5.92. The van der Waals surface area contributed by atoms with E-state index in [1.54, 1.807) is 6.20 Å². The number of anilines is 1. The fourth-order valence-electron chi connectivity index (χ4n) is 3.21. The molecule has 0 aliphatic rings. The van der Waals surface area contributed by atoms with Crippen molar-refractivity contribution in [2.75, 3.05) is 11.9 Å². The van der Waals surface area contributed by atoms with Crippen LogP contribution < -0.4 is 10.1 Å². The monoisotopic (exact) mass is 383 g/mol. The quantitative estimate of drug-likeness (QED) is 0.531. The first-order chi connectivity index (χ1) is 14.1. The molecule has 0 saturated heterocycles. The van der Waals surface area contributed by atoms with Crippen LogP contribution in [0.5, 0.6) is 5.75 Å². The van der Waals surface area contributed by atoms with Crippen LogP contribution in [0.4, 0.5) is 5.69 Å². The maximum absolute atomic E-state index is 12.2. The zero-order valence-corrected chi connectivity index (χ0v) is 16.3. The van der Waals surface area contributed by atoms with Gasteiger partial charge in [-0.25, -0.2) is 4.98 Å². The van der Waals surface area contributed by atoms with E-state index in [-0.39, 0.29) is 12.5 Å². The zero-order chi connectivity index (χ0) is 20.2. The first-order valence-corrected chi connectivity index (χ1v) is 9.40. The van der Waals surface area contributed by atoms with Gasteiger partial charge < -0.3 is 10.1 Å². The van der Waals surface area contributed by atoms with Crippen molar-refractivity contribution in [1.82, 2.24) is 9.97 Å². The molecule has 0 spiro atoms. The number of benzene rings is 3. The topological polar surface area (TPSA) is 64.1 Å². The summed E-state index contributed by atoms with van der Waals surface area (Å²) in [6.45, 7) is 3.95. The Bertz CT molecular complexity index is 1150. The minimum atomic E-state index is -0.195. The Morgan fingerprint density at radius 2 is 1.62 bits per heavy atom. The van der Waals surface area contributed by atoms with Gasteiger partial charge in [-0.2, -0.15) is 0 Å². The first-order valence-electron chi connectivity index (χ1n) is 9.40. The van der Waals surface area contributed by atoms with Crippen molar-refractivity contribution in [3.63, 3.8) is 0 Å². The molecule has 144 valence electrons. The average molecular weight is 383 g/mol. The molecule has 29 heavy (non-hydrogen) atoms. The number of aryl methyl sites for hydroxylation is 2. The molecule has 0 bridgehead atoms. The van der Waals surface area contributed by atoms with E-state index in [2.05, 4.69) is 21.4 Å². The van der Waals surface area contributed by atoms with E-state index in [0.29, 0.717) is 5.75 Å². The Hall–Kier alpha value is -3.73. The van der Waals surface area contributed by atoms with E-state index >= 15 is 0 Å². The first kappa shape index (κ1) is 18.6. The summed E-state index contributed by atoms with van der Waals surface area (Å²) in [5.74, 6) is 0.428. The van der Waals surface area contributed by atoms with Crippen molar-refractivity contribution in [3.8, 4) is 17.0 Å². The Kier molecular flexibility index (Phi) is 5.20. The number of aromatic nitrogens is 2. The molecule has 0 aliphatic heterocycles. The largest absolute Gasteiger partial charge is 0.484 e. The highest BCUT2D eigenvalue weighted by Crippen LogP contribution is 2.22. The molecule has 4 rings (SSSR count). The van der Waals surface area contributed by atoms with E-state index in [0.717, 1.165) is 39.1 Å². The van der Waals surface area contributed by atoms with E-state index in [1.165, 1.54) is 0 Å². The number of amides is 1. The van der Waals surface area contributed by atoms with Gasteiger partial charge in [0.05, 0.1) is 22.9 Å². The van der Waals surface area contributed by atoms with Crippen molar-refractivity contribution < 1.29 is 9.53 Å². The third kappa shape index (κ3) is 4.58. The number of hydrogen-bond donors (Lipinski definition) is 1. The molecule has 5 nitrogen and oxygen atoms in total. The Balaban J connectivity index is 1.39. The number of para-hydroxylation sites is 2. The third-order valence-corrected chi connectivity index (χ3v) is 4.47. The van der Waals surface area contributed by atoms with Crippen LogP contribution >= 0.6 is 0 Å². The Morgan fingerprint density at radius 3 is 2.34 bits per heavy atom. The molecule has 1 N–H and O–H groups in total. The van der Waals surface area contributed by atoms with Crippen LogP contribution in [-0.2, 0) is 4.79 Å². The SMILES string of the molecule is Cc1cc(C)cc(NC(=O)COc2ccc(-c3cnc4ccccc4n3)cc2)c1. The molecule has 5 heteroatoms.